The number of hydrogen-bond acceptors (Lipinski definition) is 3. The molecule has 1 saturated heterocycles. The molecular formula is C33H49NO2. The van der Waals surface area contributed by atoms with E-state index in [0.29, 0.717) is 40.5 Å². The van der Waals surface area contributed by atoms with Gasteiger partial charge in [-0.25, -0.2) is 0 Å². The normalized spacial score (nSPS) is 45.2. The van der Waals surface area contributed by atoms with Crippen LogP contribution < -0.4 is 5.32 Å². The monoisotopic (exact) mass is 491 g/mol. The van der Waals surface area contributed by atoms with E-state index in [1.54, 1.807) is 0 Å². The summed E-state index contributed by atoms with van der Waals surface area (Å²) in [6.45, 7) is 19.5. The van der Waals surface area contributed by atoms with Gasteiger partial charge in [0, 0.05) is 12.6 Å². The lowest BCUT2D eigenvalue weighted by molar-refractivity contribution is -0.174. The van der Waals surface area contributed by atoms with E-state index in [9.17, 15) is 0 Å². The molecule has 0 aromatic heterocycles. The van der Waals surface area contributed by atoms with E-state index in [4.69, 9.17) is 9.47 Å². The summed E-state index contributed by atoms with van der Waals surface area (Å²) >= 11 is 0. The second-order valence-electron chi connectivity index (χ2n) is 14.3. The second-order valence-corrected chi connectivity index (χ2v) is 14.3. The molecule has 1 N–H and O–H groups in total. The Balaban J connectivity index is 1.23. The lowest BCUT2D eigenvalue weighted by Gasteiger charge is -2.63. The standard InChI is InChI=1S/C33H49NO2/c1-20(2)23-11-9-22(10-12-23)19-34-24-14-16-33(7)26-15-17-32(6)21(3)8-13-25(32)28(26)30-29(27(33)18-24)35-31(4,5)36-30/h9-12,20,24-30,34H,3,8,13-19H2,1-2,4-7H3/t24-,25?,26?,27?,28?,29-,30-,32-,33-/m1/s1. The van der Waals surface area contributed by atoms with E-state index in [1.807, 2.05) is 0 Å². The molecule has 1 aromatic rings. The first kappa shape index (κ1) is 25.1. The van der Waals surface area contributed by atoms with E-state index in [-0.39, 0.29) is 12.2 Å². The Morgan fingerprint density at radius 2 is 1.64 bits per heavy atom. The van der Waals surface area contributed by atoms with Crippen molar-refractivity contribution in [2.75, 3.05) is 0 Å². The van der Waals surface area contributed by atoms with Crippen LogP contribution in [0.25, 0.3) is 0 Å². The third-order valence-electron chi connectivity index (χ3n) is 11.7. The zero-order valence-corrected chi connectivity index (χ0v) is 23.6. The molecule has 5 fully saturated rings. The molecule has 36 heavy (non-hydrogen) atoms. The Morgan fingerprint density at radius 3 is 2.36 bits per heavy atom. The van der Waals surface area contributed by atoms with Gasteiger partial charge in [-0.1, -0.05) is 64.1 Å². The minimum absolute atomic E-state index is 0.220. The Bertz CT molecular complexity index is 997. The third kappa shape index (κ3) is 3.86. The first-order valence-electron chi connectivity index (χ1n) is 14.9. The average Bonchev–Trinajstić information content (AvgIpc) is 3.33. The molecular weight excluding hydrogens is 442 g/mol. The van der Waals surface area contributed by atoms with Crippen molar-refractivity contribution in [2.24, 2.45) is 34.5 Å². The summed E-state index contributed by atoms with van der Waals surface area (Å²) < 4.78 is 13.6. The van der Waals surface area contributed by atoms with Crippen molar-refractivity contribution in [1.82, 2.24) is 5.32 Å². The molecule has 3 heteroatoms. The van der Waals surface area contributed by atoms with Gasteiger partial charge in [0.05, 0.1) is 12.2 Å². The summed E-state index contributed by atoms with van der Waals surface area (Å²) in [5, 5.41) is 3.95. The summed E-state index contributed by atoms with van der Waals surface area (Å²) in [6, 6.07) is 9.76. The van der Waals surface area contributed by atoms with Gasteiger partial charge in [-0.15, -0.1) is 0 Å². The zero-order chi connectivity index (χ0) is 25.5. The van der Waals surface area contributed by atoms with Crippen molar-refractivity contribution >= 4 is 0 Å². The van der Waals surface area contributed by atoms with E-state index in [0.717, 1.165) is 12.5 Å². The van der Waals surface area contributed by atoms with Gasteiger partial charge in [0.25, 0.3) is 0 Å². The van der Waals surface area contributed by atoms with Crippen LogP contribution in [0.15, 0.2) is 36.4 Å². The number of ether oxygens (including phenoxy) is 2. The van der Waals surface area contributed by atoms with Gasteiger partial charge < -0.3 is 14.8 Å². The van der Waals surface area contributed by atoms with Crippen molar-refractivity contribution in [3.05, 3.63) is 47.5 Å². The van der Waals surface area contributed by atoms with Crippen molar-refractivity contribution in [3.8, 4) is 0 Å². The lowest BCUT2D eigenvalue weighted by atomic mass is 9.43. The fourth-order valence-electron chi connectivity index (χ4n) is 9.56. The predicted octanol–water partition coefficient (Wildman–Crippen LogP) is 7.61. The van der Waals surface area contributed by atoms with Gasteiger partial charge in [0.2, 0.25) is 0 Å². The summed E-state index contributed by atoms with van der Waals surface area (Å²) in [7, 11) is 0. The zero-order valence-electron chi connectivity index (χ0n) is 23.6. The molecule has 4 aliphatic carbocycles. The largest absolute Gasteiger partial charge is 0.344 e. The molecule has 0 bridgehead atoms. The molecule has 0 spiro atoms. The highest BCUT2D eigenvalue weighted by Gasteiger charge is 2.67. The number of allylic oxidation sites excluding steroid dienone is 1. The Morgan fingerprint density at radius 1 is 0.917 bits per heavy atom. The highest BCUT2D eigenvalue weighted by molar-refractivity contribution is 5.26. The van der Waals surface area contributed by atoms with E-state index < -0.39 is 5.79 Å². The fourth-order valence-corrected chi connectivity index (χ4v) is 9.56. The molecule has 0 amide bonds. The maximum absolute atomic E-state index is 6.83. The molecule has 5 aliphatic rings. The highest BCUT2D eigenvalue weighted by atomic mass is 16.8. The molecule has 1 heterocycles. The lowest BCUT2D eigenvalue weighted by Crippen LogP contribution is -2.63. The molecule has 4 unspecified atom stereocenters. The molecule has 9 atom stereocenters. The summed E-state index contributed by atoms with van der Waals surface area (Å²) in [6.07, 6.45) is 9.39. The van der Waals surface area contributed by atoms with Crippen molar-refractivity contribution in [2.45, 2.75) is 123 Å². The van der Waals surface area contributed by atoms with Crippen LogP contribution in [-0.4, -0.2) is 24.0 Å². The second kappa shape index (κ2) is 8.68. The molecule has 3 nitrogen and oxygen atoms in total. The van der Waals surface area contributed by atoms with E-state index in [1.165, 1.54) is 61.6 Å². The highest BCUT2D eigenvalue weighted by Crippen LogP contribution is 2.69. The van der Waals surface area contributed by atoms with Crippen LogP contribution in [0, 0.1) is 34.5 Å². The molecule has 6 rings (SSSR count). The number of fused-ring (bicyclic) bond motifs is 8. The first-order chi connectivity index (χ1) is 17.0. The smallest absolute Gasteiger partial charge is 0.163 e. The van der Waals surface area contributed by atoms with Crippen molar-refractivity contribution < 1.29 is 9.47 Å². The van der Waals surface area contributed by atoms with Crippen molar-refractivity contribution in [3.63, 3.8) is 0 Å². The quantitative estimate of drug-likeness (QED) is 0.440. The van der Waals surface area contributed by atoms with Crippen LogP contribution >= 0.6 is 0 Å². The summed E-state index contributed by atoms with van der Waals surface area (Å²) in [5.74, 6) is 2.73. The molecule has 1 aliphatic heterocycles. The van der Waals surface area contributed by atoms with Gasteiger partial charge in [-0.3, -0.25) is 0 Å². The molecule has 1 aromatic carbocycles. The van der Waals surface area contributed by atoms with Crippen LogP contribution in [-0.2, 0) is 16.0 Å². The van der Waals surface area contributed by atoms with Gasteiger partial charge >= 0.3 is 0 Å². The number of nitrogens with one attached hydrogen (secondary N) is 1. The van der Waals surface area contributed by atoms with Crippen LogP contribution in [0.2, 0.25) is 0 Å². The van der Waals surface area contributed by atoms with Crippen LogP contribution in [0.3, 0.4) is 0 Å². The van der Waals surface area contributed by atoms with Crippen LogP contribution in [0.1, 0.15) is 104 Å². The fraction of sp³-hybridized carbons (Fsp3) is 0.758. The first-order valence-corrected chi connectivity index (χ1v) is 14.9. The minimum Gasteiger partial charge on any atom is -0.344 e. The SMILES string of the molecule is C=C1CCC2C3C(CC[C@]12C)[C@@]1(C)CC[C@@H](NCc2ccc(C(C)C)cc2)CC1[C@H]1OC(C)(C)O[C@H]31. The Hall–Kier alpha value is -1.16. The molecule has 198 valence electrons. The summed E-state index contributed by atoms with van der Waals surface area (Å²) in [5.41, 5.74) is 4.96. The van der Waals surface area contributed by atoms with Gasteiger partial charge in [-0.05, 0) is 110 Å². The minimum atomic E-state index is -0.479. The summed E-state index contributed by atoms with van der Waals surface area (Å²) in [4.78, 5) is 0. The van der Waals surface area contributed by atoms with Crippen LogP contribution in [0.5, 0.6) is 0 Å². The van der Waals surface area contributed by atoms with Gasteiger partial charge in [-0.2, -0.15) is 0 Å². The van der Waals surface area contributed by atoms with E-state index in [2.05, 4.69) is 77.7 Å². The number of benzene rings is 1. The Kier molecular flexibility index (Phi) is 6.06. The Labute approximate surface area is 219 Å². The molecule has 4 saturated carbocycles. The topological polar surface area (TPSA) is 30.5 Å². The third-order valence-corrected chi connectivity index (χ3v) is 11.7. The maximum atomic E-state index is 6.83. The maximum Gasteiger partial charge on any atom is 0.163 e. The van der Waals surface area contributed by atoms with E-state index >= 15 is 0 Å². The van der Waals surface area contributed by atoms with Crippen LogP contribution in [0.4, 0.5) is 0 Å². The van der Waals surface area contributed by atoms with Gasteiger partial charge in [0.1, 0.15) is 0 Å². The number of hydrogen-bond donors (Lipinski definition) is 1. The number of rotatable bonds is 4. The van der Waals surface area contributed by atoms with Gasteiger partial charge in [0.15, 0.2) is 5.79 Å². The predicted molar refractivity (Wildman–Crippen MR) is 147 cm³/mol. The molecule has 0 radical (unpaired) electrons. The van der Waals surface area contributed by atoms with Crippen molar-refractivity contribution in [1.29, 1.82) is 0 Å². The average molecular weight is 492 g/mol.